The fourth-order valence-electron chi connectivity index (χ4n) is 2.44. The highest BCUT2D eigenvalue weighted by molar-refractivity contribution is 8.00. The molecule has 1 heterocycles. The first-order chi connectivity index (χ1) is 8.99. The molecule has 0 saturated carbocycles. The number of rotatable bonds is 3. The molecule has 0 aliphatic carbocycles. The van der Waals surface area contributed by atoms with Crippen LogP contribution in [0.25, 0.3) is 0 Å². The third-order valence-electron chi connectivity index (χ3n) is 3.59. The van der Waals surface area contributed by atoms with Crippen LogP contribution >= 0.6 is 11.8 Å². The van der Waals surface area contributed by atoms with Crippen LogP contribution < -0.4 is 0 Å². The Bertz CT molecular complexity index is 433. The van der Waals surface area contributed by atoms with Crippen molar-refractivity contribution in [3.05, 3.63) is 35.9 Å². The number of hydrogen-bond acceptors (Lipinski definition) is 3. The van der Waals surface area contributed by atoms with E-state index in [-0.39, 0.29) is 4.75 Å². The second-order valence-electron chi connectivity index (χ2n) is 5.55. The molecule has 3 nitrogen and oxygen atoms in total. The molecule has 104 valence electrons. The summed E-state index contributed by atoms with van der Waals surface area (Å²) < 4.78 is 0.245. The predicted octanol–water partition coefficient (Wildman–Crippen LogP) is 3.03. The maximum Gasteiger partial charge on any atom is 0.325 e. The van der Waals surface area contributed by atoms with Crippen LogP contribution in [-0.2, 0) is 4.79 Å². The summed E-state index contributed by atoms with van der Waals surface area (Å²) in [6, 6.07) is 9.02. The van der Waals surface area contributed by atoms with Crippen LogP contribution in [0.3, 0.4) is 0 Å². The number of thioether (sulfide) groups is 1. The fraction of sp³-hybridized carbons (Fsp3) is 0.533. The Morgan fingerprint density at radius 3 is 2.63 bits per heavy atom. The van der Waals surface area contributed by atoms with E-state index < -0.39 is 12.0 Å². The van der Waals surface area contributed by atoms with E-state index in [0.29, 0.717) is 0 Å². The van der Waals surface area contributed by atoms with Crippen LogP contribution in [0.2, 0.25) is 0 Å². The number of hydrogen-bond donors (Lipinski definition) is 1. The van der Waals surface area contributed by atoms with Crippen molar-refractivity contribution in [3.63, 3.8) is 0 Å². The van der Waals surface area contributed by atoms with Crippen molar-refractivity contribution in [1.82, 2.24) is 4.90 Å². The van der Waals surface area contributed by atoms with Crippen molar-refractivity contribution >= 4 is 17.7 Å². The molecular weight excluding hydrogens is 258 g/mol. The van der Waals surface area contributed by atoms with Gasteiger partial charge in [0.2, 0.25) is 0 Å². The molecule has 0 amide bonds. The van der Waals surface area contributed by atoms with E-state index in [2.05, 4.69) is 18.7 Å². The first kappa shape index (κ1) is 14.4. The van der Waals surface area contributed by atoms with E-state index in [1.807, 2.05) is 42.1 Å². The first-order valence-corrected chi connectivity index (χ1v) is 7.64. The van der Waals surface area contributed by atoms with E-state index in [0.717, 1.165) is 30.8 Å². The van der Waals surface area contributed by atoms with Crippen molar-refractivity contribution in [2.24, 2.45) is 0 Å². The number of aliphatic carboxylic acids is 1. The summed E-state index contributed by atoms with van der Waals surface area (Å²) in [6.45, 7) is 6.14. The van der Waals surface area contributed by atoms with Crippen LogP contribution in [0.5, 0.6) is 0 Å². The van der Waals surface area contributed by atoms with E-state index in [9.17, 15) is 9.90 Å². The number of benzene rings is 1. The normalized spacial score (nSPS) is 21.6. The molecule has 2 rings (SSSR count). The zero-order valence-electron chi connectivity index (χ0n) is 11.5. The number of carbonyl (C=O) groups is 1. The second-order valence-corrected chi connectivity index (χ2v) is 7.35. The lowest BCUT2D eigenvalue weighted by atomic mass is 10.0. The molecule has 19 heavy (non-hydrogen) atoms. The minimum absolute atomic E-state index is 0.245. The van der Waals surface area contributed by atoms with Crippen LogP contribution in [0.4, 0.5) is 0 Å². The SMILES string of the molecule is CC1(C)CCN(C(C(=O)O)c2ccccc2)CCS1. The number of nitrogens with zero attached hydrogens (tertiary/aromatic N) is 1. The second kappa shape index (κ2) is 5.97. The Labute approximate surface area is 119 Å². The van der Waals surface area contributed by atoms with Gasteiger partial charge in [0.15, 0.2) is 0 Å². The van der Waals surface area contributed by atoms with Crippen LogP contribution in [0.15, 0.2) is 30.3 Å². The average molecular weight is 279 g/mol. The third kappa shape index (κ3) is 3.74. The molecule has 0 aromatic heterocycles. The Kier molecular flexibility index (Phi) is 4.53. The Hall–Kier alpha value is -1.00. The quantitative estimate of drug-likeness (QED) is 0.923. The van der Waals surface area contributed by atoms with Crippen LogP contribution in [0.1, 0.15) is 31.9 Å². The molecule has 1 aromatic rings. The standard InChI is InChI=1S/C15H21NO2S/c1-15(2)8-9-16(10-11-19-15)13(14(17)18)12-6-4-3-5-7-12/h3-7,13H,8-11H2,1-2H3,(H,17,18). The lowest BCUT2D eigenvalue weighted by Crippen LogP contribution is -2.36. The van der Waals surface area contributed by atoms with E-state index in [4.69, 9.17) is 0 Å². The molecule has 1 aromatic carbocycles. The summed E-state index contributed by atoms with van der Waals surface area (Å²) in [5, 5.41) is 9.55. The first-order valence-electron chi connectivity index (χ1n) is 6.65. The minimum atomic E-state index is -0.754. The van der Waals surface area contributed by atoms with Gasteiger partial charge in [-0.25, -0.2) is 0 Å². The van der Waals surface area contributed by atoms with Gasteiger partial charge in [0.05, 0.1) is 0 Å². The molecule has 0 bridgehead atoms. The van der Waals surface area contributed by atoms with Crippen molar-refractivity contribution in [1.29, 1.82) is 0 Å². The van der Waals surface area contributed by atoms with Gasteiger partial charge < -0.3 is 5.11 Å². The zero-order chi connectivity index (χ0) is 13.9. The summed E-state index contributed by atoms with van der Waals surface area (Å²) in [6.07, 6.45) is 1.02. The molecule has 1 unspecified atom stereocenters. The van der Waals surface area contributed by atoms with Crippen molar-refractivity contribution < 1.29 is 9.90 Å². The van der Waals surface area contributed by atoms with Crippen molar-refractivity contribution in [2.45, 2.75) is 31.1 Å². The van der Waals surface area contributed by atoms with E-state index >= 15 is 0 Å². The molecule has 1 fully saturated rings. The molecule has 1 atom stereocenters. The molecule has 0 spiro atoms. The van der Waals surface area contributed by atoms with Gasteiger partial charge in [0.1, 0.15) is 6.04 Å². The summed E-state index contributed by atoms with van der Waals surface area (Å²) in [5.74, 6) is 0.236. The van der Waals surface area contributed by atoms with Gasteiger partial charge in [0, 0.05) is 23.6 Å². The maximum absolute atomic E-state index is 11.6. The summed E-state index contributed by atoms with van der Waals surface area (Å²) in [7, 11) is 0. The van der Waals surface area contributed by atoms with Gasteiger partial charge in [-0.3, -0.25) is 9.69 Å². The van der Waals surface area contributed by atoms with Gasteiger partial charge in [0.25, 0.3) is 0 Å². The largest absolute Gasteiger partial charge is 0.480 e. The summed E-state index contributed by atoms with van der Waals surface area (Å²) >= 11 is 1.93. The average Bonchev–Trinajstić information content (AvgIpc) is 2.52. The topological polar surface area (TPSA) is 40.5 Å². The highest BCUT2D eigenvalue weighted by Crippen LogP contribution is 2.33. The highest BCUT2D eigenvalue weighted by atomic mass is 32.2. The van der Waals surface area contributed by atoms with Crippen molar-refractivity contribution in [3.8, 4) is 0 Å². The Balaban J connectivity index is 2.18. The Morgan fingerprint density at radius 2 is 2.00 bits per heavy atom. The molecule has 4 heteroatoms. The van der Waals surface area contributed by atoms with E-state index in [1.54, 1.807) is 0 Å². The molecule has 1 N–H and O–H groups in total. The van der Waals surface area contributed by atoms with Crippen LogP contribution in [0, 0.1) is 0 Å². The molecule has 1 aliphatic rings. The monoisotopic (exact) mass is 279 g/mol. The summed E-state index contributed by atoms with van der Waals surface area (Å²) in [4.78, 5) is 13.7. The fourth-order valence-corrected chi connectivity index (χ4v) is 3.55. The smallest absolute Gasteiger partial charge is 0.325 e. The molecule has 1 aliphatic heterocycles. The molecule has 0 radical (unpaired) electrons. The Morgan fingerprint density at radius 1 is 1.32 bits per heavy atom. The lowest BCUT2D eigenvalue weighted by Gasteiger charge is -2.28. The van der Waals surface area contributed by atoms with Crippen molar-refractivity contribution in [2.75, 3.05) is 18.8 Å². The molecule has 1 saturated heterocycles. The third-order valence-corrected chi connectivity index (χ3v) is 4.96. The van der Waals surface area contributed by atoms with Gasteiger partial charge in [-0.15, -0.1) is 0 Å². The van der Waals surface area contributed by atoms with Crippen LogP contribution in [-0.4, -0.2) is 39.6 Å². The number of carboxylic acids is 1. The number of carboxylic acid groups (broad SMARTS) is 1. The van der Waals surface area contributed by atoms with Gasteiger partial charge in [-0.1, -0.05) is 44.2 Å². The minimum Gasteiger partial charge on any atom is -0.480 e. The van der Waals surface area contributed by atoms with Gasteiger partial charge in [-0.2, -0.15) is 11.8 Å². The predicted molar refractivity (Wildman–Crippen MR) is 79.5 cm³/mol. The lowest BCUT2D eigenvalue weighted by molar-refractivity contribution is -0.143. The molecular formula is C15H21NO2S. The van der Waals surface area contributed by atoms with Gasteiger partial charge >= 0.3 is 5.97 Å². The van der Waals surface area contributed by atoms with E-state index in [1.165, 1.54) is 0 Å². The summed E-state index contributed by atoms with van der Waals surface area (Å²) in [5.41, 5.74) is 0.875. The zero-order valence-corrected chi connectivity index (χ0v) is 12.3. The van der Waals surface area contributed by atoms with Gasteiger partial charge in [-0.05, 0) is 12.0 Å². The maximum atomic E-state index is 11.6. The highest BCUT2D eigenvalue weighted by Gasteiger charge is 2.31.